The molecule has 3 rings (SSSR count). The Morgan fingerprint density at radius 1 is 0.960 bits per heavy atom. The SMILES string of the molecule is Cc1cccc(C)c1NC(=O)C1(C(=O)Nc2ccc(Cl)cc2Cl)CC1. The van der Waals surface area contributed by atoms with Crippen LogP contribution in [0.1, 0.15) is 24.0 Å². The largest absolute Gasteiger partial charge is 0.325 e. The van der Waals surface area contributed by atoms with Crippen LogP contribution in [0.3, 0.4) is 0 Å². The van der Waals surface area contributed by atoms with Crippen LogP contribution in [0.25, 0.3) is 0 Å². The third kappa shape index (κ3) is 3.51. The molecule has 6 heteroatoms. The minimum atomic E-state index is -1.04. The summed E-state index contributed by atoms with van der Waals surface area (Å²) in [5, 5.41) is 6.49. The van der Waals surface area contributed by atoms with Crippen LogP contribution in [-0.2, 0) is 9.59 Å². The van der Waals surface area contributed by atoms with E-state index < -0.39 is 5.41 Å². The van der Waals surface area contributed by atoms with Crippen LogP contribution in [-0.4, -0.2) is 11.8 Å². The number of rotatable bonds is 4. The molecule has 1 fully saturated rings. The van der Waals surface area contributed by atoms with Crippen molar-refractivity contribution < 1.29 is 9.59 Å². The van der Waals surface area contributed by atoms with Gasteiger partial charge >= 0.3 is 0 Å². The molecule has 2 N–H and O–H groups in total. The third-order valence-electron chi connectivity index (χ3n) is 4.52. The van der Waals surface area contributed by atoms with Gasteiger partial charge in [0.05, 0.1) is 10.7 Å². The highest BCUT2D eigenvalue weighted by molar-refractivity contribution is 6.37. The highest BCUT2D eigenvalue weighted by Crippen LogP contribution is 2.48. The number of carbonyl (C=O) groups is 2. The summed E-state index contributed by atoms with van der Waals surface area (Å²) in [6.45, 7) is 3.85. The van der Waals surface area contributed by atoms with E-state index in [0.717, 1.165) is 16.8 Å². The number of halogens is 2. The van der Waals surface area contributed by atoms with Crippen molar-refractivity contribution in [3.63, 3.8) is 0 Å². The van der Waals surface area contributed by atoms with Gasteiger partial charge in [-0.1, -0.05) is 41.4 Å². The predicted octanol–water partition coefficient (Wildman–Crippen LogP) is 4.97. The third-order valence-corrected chi connectivity index (χ3v) is 5.07. The maximum atomic E-state index is 12.7. The molecule has 0 unspecified atom stereocenters. The number of nitrogens with one attached hydrogen (secondary N) is 2. The summed E-state index contributed by atoms with van der Waals surface area (Å²) in [4.78, 5) is 25.4. The number of benzene rings is 2. The smallest absolute Gasteiger partial charge is 0.240 e. The van der Waals surface area contributed by atoms with Crippen LogP contribution in [0.15, 0.2) is 36.4 Å². The number of carbonyl (C=O) groups excluding carboxylic acids is 2. The van der Waals surface area contributed by atoms with E-state index in [4.69, 9.17) is 23.2 Å². The van der Waals surface area contributed by atoms with Crippen LogP contribution in [0, 0.1) is 19.3 Å². The van der Waals surface area contributed by atoms with Crippen molar-refractivity contribution >= 4 is 46.4 Å². The first kappa shape index (κ1) is 17.8. The zero-order valence-electron chi connectivity index (χ0n) is 14.0. The first-order chi connectivity index (χ1) is 11.8. The molecule has 0 bridgehead atoms. The van der Waals surface area contributed by atoms with E-state index in [1.165, 1.54) is 0 Å². The van der Waals surface area contributed by atoms with Gasteiger partial charge in [0.25, 0.3) is 0 Å². The molecule has 1 aliphatic rings. The van der Waals surface area contributed by atoms with Crippen LogP contribution in [0.2, 0.25) is 10.0 Å². The van der Waals surface area contributed by atoms with Gasteiger partial charge in [0.1, 0.15) is 5.41 Å². The summed E-state index contributed by atoms with van der Waals surface area (Å²) < 4.78 is 0. The van der Waals surface area contributed by atoms with E-state index in [1.807, 2.05) is 32.0 Å². The Morgan fingerprint density at radius 3 is 2.12 bits per heavy atom. The Bertz CT molecular complexity index is 840. The molecule has 0 saturated heterocycles. The maximum Gasteiger partial charge on any atom is 0.240 e. The van der Waals surface area contributed by atoms with E-state index in [2.05, 4.69) is 10.6 Å². The molecule has 4 nitrogen and oxygen atoms in total. The number of para-hydroxylation sites is 1. The van der Waals surface area contributed by atoms with Crippen molar-refractivity contribution in [3.05, 3.63) is 57.6 Å². The first-order valence-corrected chi connectivity index (χ1v) is 8.73. The second-order valence-corrected chi connectivity index (χ2v) is 7.22. The topological polar surface area (TPSA) is 58.2 Å². The van der Waals surface area contributed by atoms with Crippen molar-refractivity contribution in [1.82, 2.24) is 0 Å². The van der Waals surface area contributed by atoms with Crippen molar-refractivity contribution in [3.8, 4) is 0 Å². The van der Waals surface area contributed by atoms with Gasteiger partial charge in [-0.05, 0) is 56.0 Å². The lowest BCUT2D eigenvalue weighted by molar-refractivity contribution is -0.131. The number of hydrogen-bond donors (Lipinski definition) is 2. The Hall–Kier alpha value is -2.04. The summed E-state index contributed by atoms with van der Waals surface area (Å²) in [5.74, 6) is -0.632. The molecule has 0 atom stereocenters. The predicted molar refractivity (Wildman–Crippen MR) is 101 cm³/mol. The van der Waals surface area contributed by atoms with Gasteiger partial charge in [-0.3, -0.25) is 9.59 Å². The van der Waals surface area contributed by atoms with E-state index in [-0.39, 0.29) is 11.8 Å². The molecule has 2 aromatic carbocycles. The molecule has 0 aliphatic heterocycles. The molecule has 2 aromatic rings. The molecule has 0 spiro atoms. The van der Waals surface area contributed by atoms with Crippen molar-refractivity contribution in [1.29, 1.82) is 0 Å². The summed E-state index contributed by atoms with van der Waals surface area (Å²) >= 11 is 12.0. The number of amides is 2. The standard InChI is InChI=1S/C19H18Cl2N2O2/c1-11-4-3-5-12(2)16(11)23-18(25)19(8-9-19)17(24)22-15-7-6-13(20)10-14(15)21/h3-7,10H,8-9H2,1-2H3,(H,22,24)(H,23,25). The van der Waals surface area contributed by atoms with E-state index in [0.29, 0.717) is 28.6 Å². The quantitative estimate of drug-likeness (QED) is 0.740. The van der Waals surface area contributed by atoms with Crippen LogP contribution >= 0.6 is 23.2 Å². The summed E-state index contributed by atoms with van der Waals surface area (Å²) in [6.07, 6.45) is 1.03. The zero-order chi connectivity index (χ0) is 18.2. The highest BCUT2D eigenvalue weighted by Gasteiger charge is 2.56. The molecule has 1 aliphatic carbocycles. The van der Waals surface area contributed by atoms with E-state index in [1.54, 1.807) is 18.2 Å². The van der Waals surface area contributed by atoms with Crippen molar-refractivity contribution in [2.75, 3.05) is 10.6 Å². The second-order valence-electron chi connectivity index (χ2n) is 6.38. The Labute approximate surface area is 156 Å². The monoisotopic (exact) mass is 376 g/mol. The summed E-state index contributed by atoms with van der Waals surface area (Å²) in [7, 11) is 0. The fourth-order valence-corrected chi connectivity index (χ4v) is 3.22. The first-order valence-electron chi connectivity index (χ1n) is 7.98. The van der Waals surface area contributed by atoms with E-state index >= 15 is 0 Å². The molecule has 1 saturated carbocycles. The molecule has 130 valence electrons. The average Bonchev–Trinajstić information content (AvgIpc) is 3.35. The molecule has 0 heterocycles. The van der Waals surface area contributed by atoms with E-state index in [9.17, 15) is 9.59 Å². The molecular formula is C19H18Cl2N2O2. The average molecular weight is 377 g/mol. The number of hydrogen-bond acceptors (Lipinski definition) is 2. The van der Waals surface area contributed by atoms with Gasteiger partial charge in [0.15, 0.2) is 0 Å². The molecule has 0 aromatic heterocycles. The Balaban J connectivity index is 1.77. The fraction of sp³-hybridized carbons (Fsp3) is 0.263. The maximum absolute atomic E-state index is 12.7. The second kappa shape index (κ2) is 6.70. The molecular weight excluding hydrogens is 359 g/mol. The van der Waals surface area contributed by atoms with Gasteiger partial charge in [0, 0.05) is 10.7 Å². The van der Waals surface area contributed by atoms with Gasteiger partial charge in [-0.2, -0.15) is 0 Å². The molecule has 2 amide bonds. The van der Waals surface area contributed by atoms with Crippen LogP contribution in [0.4, 0.5) is 11.4 Å². The molecule has 25 heavy (non-hydrogen) atoms. The summed E-state index contributed by atoms with van der Waals surface area (Å²) in [5.41, 5.74) is 2.09. The van der Waals surface area contributed by atoms with Gasteiger partial charge in [-0.25, -0.2) is 0 Å². The minimum Gasteiger partial charge on any atom is -0.325 e. The van der Waals surface area contributed by atoms with Crippen molar-refractivity contribution in [2.45, 2.75) is 26.7 Å². The normalized spacial score (nSPS) is 14.7. The lowest BCUT2D eigenvalue weighted by Gasteiger charge is -2.18. The van der Waals surface area contributed by atoms with Crippen LogP contribution < -0.4 is 10.6 Å². The number of anilines is 2. The lowest BCUT2D eigenvalue weighted by Crippen LogP contribution is -2.36. The summed E-state index contributed by atoms with van der Waals surface area (Å²) in [6, 6.07) is 10.6. The van der Waals surface area contributed by atoms with Gasteiger partial charge in [0.2, 0.25) is 11.8 Å². The Morgan fingerprint density at radius 2 is 1.56 bits per heavy atom. The van der Waals surface area contributed by atoms with Crippen molar-refractivity contribution in [2.24, 2.45) is 5.41 Å². The fourth-order valence-electron chi connectivity index (χ4n) is 2.76. The van der Waals surface area contributed by atoms with Gasteiger partial charge in [-0.15, -0.1) is 0 Å². The Kier molecular flexibility index (Phi) is 4.76. The molecule has 0 radical (unpaired) electrons. The van der Waals surface area contributed by atoms with Gasteiger partial charge < -0.3 is 10.6 Å². The minimum absolute atomic E-state index is 0.285. The highest BCUT2D eigenvalue weighted by atomic mass is 35.5. The number of aryl methyl sites for hydroxylation is 2. The zero-order valence-corrected chi connectivity index (χ0v) is 15.5. The lowest BCUT2D eigenvalue weighted by atomic mass is 10.0. The van der Waals surface area contributed by atoms with Crippen LogP contribution in [0.5, 0.6) is 0 Å².